The molecule has 2 aromatic heterocycles. The van der Waals surface area contributed by atoms with Crippen molar-refractivity contribution in [3.8, 4) is 5.75 Å². The number of para-hydroxylation sites is 2. The van der Waals surface area contributed by atoms with Gasteiger partial charge in [-0.2, -0.15) is 0 Å². The maximum Gasteiger partial charge on any atom is 0.338 e. The first-order valence-corrected chi connectivity index (χ1v) is 13.4. The Morgan fingerprint density at radius 2 is 1.76 bits per heavy atom. The summed E-state index contributed by atoms with van der Waals surface area (Å²) < 4.78 is 10.3. The van der Waals surface area contributed by atoms with Crippen molar-refractivity contribution in [2.75, 3.05) is 18.6 Å². The van der Waals surface area contributed by atoms with Crippen LogP contribution in [0.4, 0.5) is 5.69 Å². The molecule has 204 valence electrons. The number of fused-ring (bicyclic) bond motifs is 3. The molecule has 1 aliphatic heterocycles. The zero-order valence-electron chi connectivity index (χ0n) is 21.6. The van der Waals surface area contributed by atoms with E-state index in [4.69, 9.17) is 9.47 Å². The molecule has 1 fully saturated rings. The summed E-state index contributed by atoms with van der Waals surface area (Å²) in [5, 5.41) is 8.87. The van der Waals surface area contributed by atoms with Gasteiger partial charge in [-0.3, -0.25) is 14.4 Å². The van der Waals surface area contributed by atoms with Crippen LogP contribution >= 0.6 is 11.8 Å². The molecule has 2 amide bonds. The van der Waals surface area contributed by atoms with Crippen molar-refractivity contribution in [3.05, 3.63) is 83.9 Å². The second-order valence-electron chi connectivity index (χ2n) is 9.09. The highest BCUT2D eigenvalue weighted by atomic mass is 32.2. The summed E-state index contributed by atoms with van der Waals surface area (Å²) in [6.07, 6.45) is -0.0353. The van der Waals surface area contributed by atoms with E-state index in [9.17, 15) is 19.2 Å². The van der Waals surface area contributed by atoms with Gasteiger partial charge in [0, 0.05) is 17.3 Å². The molecule has 3 heterocycles. The first-order valence-electron chi connectivity index (χ1n) is 12.5. The second-order valence-corrected chi connectivity index (χ2v) is 10.3. The molecule has 0 bridgehead atoms. The Kier molecular flexibility index (Phi) is 6.89. The molecule has 5 aromatic rings. The average Bonchev–Trinajstić information content (AvgIpc) is 3.50. The number of methoxy groups -OCH3 is 1. The van der Waals surface area contributed by atoms with Gasteiger partial charge in [0.2, 0.25) is 22.8 Å². The molecular weight excluding hydrogens is 546 g/mol. The lowest BCUT2D eigenvalue weighted by Crippen LogP contribution is -2.31. The van der Waals surface area contributed by atoms with Crippen molar-refractivity contribution < 1.29 is 28.7 Å². The lowest BCUT2D eigenvalue weighted by Gasteiger charge is -2.15. The SMILES string of the molecule is COc1ccccc1C(=O)COC(=O)c1ccc(N2C(=O)CC(Sc3nnc4c(n3)[nH]c3ccccc34)C2=O)cc1. The fourth-order valence-corrected chi connectivity index (χ4v) is 5.48. The Labute approximate surface area is 236 Å². The van der Waals surface area contributed by atoms with Crippen LogP contribution in [0.25, 0.3) is 22.1 Å². The number of aromatic nitrogens is 4. The number of carbonyl (C=O) groups is 4. The van der Waals surface area contributed by atoms with E-state index < -0.39 is 29.5 Å². The minimum Gasteiger partial charge on any atom is -0.496 e. The fourth-order valence-electron chi connectivity index (χ4n) is 4.56. The number of hydrogen-bond acceptors (Lipinski definition) is 10. The van der Waals surface area contributed by atoms with Crippen LogP contribution in [0.1, 0.15) is 27.1 Å². The van der Waals surface area contributed by atoms with E-state index >= 15 is 0 Å². The molecule has 12 heteroatoms. The molecular formula is C29H21N5O6S. The van der Waals surface area contributed by atoms with Crippen LogP contribution in [-0.2, 0) is 14.3 Å². The van der Waals surface area contributed by atoms with Gasteiger partial charge in [0.05, 0.1) is 23.9 Å². The molecule has 41 heavy (non-hydrogen) atoms. The van der Waals surface area contributed by atoms with Crippen molar-refractivity contribution in [2.24, 2.45) is 0 Å². The van der Waals surface area contributed by atoms with Crippen LogP contribution in [0.2, 0.25) is 0 Å². The molecule has 1 unspecified atom stereocenters. The smallest absolute Gasteiger partial charge is 0.338 e. The highest BCUT2D eigenvalue weighted by Gasteiger charge is 2.41. The maximum absolute atomic E-state index is 13.2. The number of ether oxygens (including phenoxy) is 2. The van der Waals surface area contributed by atoms with E-state index in [1.807, 2.05) is 24.3 Å². The summed E-state index contributed by atoms with van der Waals surface area (Å²) in [5.74, 6) is -1.55. The third-order valence-corrected chi connectivity index (χ3v) is 7.59. The van der Waals surface area contributed by atoms with Crippen LogP contribution < -0.4 is 9.64 Å². The van der Waals surface area contributed by atoms with Gasteiger partial charge in [-0.05, 0) is 42.5 Å². The van der Waals surface area contributed by atoms with E-state index in [1.54, 1.807) is 24.3 Å². The van der Waals surface area contributed by atoms with Gasteiger partial charge < -0.3 is 14.5 Å². The molecule has 0 spiro atoms. The fraction of sp³-hybridized carbons (Fsp3) is 0.138. The predicted molar refractivity (Wildman–Crippen MR) is 150 cm³/mol. The van der Waals surface area contributed by atoms with Crippen molar-refractivity contribution in [1.82, 2.24) is 20.2 Å². The van der Waals surface area contributed by atoms with E-state index in [2.05, 4.69) is 20.2 Å². The molecule has 6 rings (SSSR count). The van der Waals surface area contributed by atoms with Crippen molar-refractivity contribution in [3.63, 3.8) is 0 Å². The number of aromatic amines is 1. The Hall–Kier alpha value is -5.10. The molecule has 1 N–H and O–H groups in total. The normalized spacial score (nSPS) is 15.0. The average molecular weight is 568 g/mol. The summed E-state index contributed by atoms with van der Waals surface area (Å²) in [6, 6.07) is 20.1. The predicted octanol–water partition coefficient (Wildman–Crippen LogP) is 3.98. The minimum absolute atomic E-state index is 0.0353. The van der Waals surface area contributed by atoms with Crippen LogP contribution in [0, 0.1) is 0 Å². The number of imide groups is 1. The number of thioether (sulfide) groups is 1. The third kappa shape index (κ3) is 5.00. The summed E-state index contributed by atoms with van der Waals surface area (Å²) in [6.45, 7) is -0.468. The van der Waals surface area contributed by atoms with E-state index in [0.29, 0.717) is 28.2 Å². The number of nitrogens with one attached hydrogen (secondary N) is 1. The summed E-state index contributed by atoms with van der Waals surface area (Å²) >= 11 is 1.07. The van der Waals surface area contributed by atoms with Gasteiger partial charge in [0.1, 0.15) is 16.5 Å². The number of Topliss-reactive ketones (excluding diaryl/α,β-unsaturated/α-hetero) is 1. The highest BCUT2D eigenvalue weighted by molar-refractivity contribution is 8.00. The van der Waals surface area contributed by atoms with Gasteiger partial charge in [-0.25, -0.2) is 14.7 Å². The number of carbonyl (C=O) groups excluding carboxylic acids is 4. The van der Waals surface area contributed by atoms with Crippen LogP contribution in [0.15, 0.2) is 78.0 Å². The number of ketones is 1. The largest absolute Gasteiger partial charge is 0.496 e. The number of nitrogens with zero attached hydrogens (tertiary/aromatic N) is 4. The van der Waals surface area contributed by atoms with Gasteiger partial charge in [0.25, 0.3) is 0 Å². The molecule has 0 aliphatic carbocycles. The number of anilines is 1. The van der Waals surface area contributed by atoms with Gasteiger partial charge in [-0.15, -0.1) is 10.2 Å². The molecule has 1 saturated heterocycles. The maximum atomic E-state index is 13.2. The Morgan fingerprint density at radius 3 is 2.56 bits per heavy atom. The number of amides is 2. The molecule has 1 aliphatic rings. The van der Waals surface area contributed by atoms with Crippen molar-refractivity contribution >= 4 is 63.1 Å². The molecule has 0 saturated carbocycles. The Balaban J connectivity index is 1.11. The number of benzene rings is 3. The zero-order chi connectivity index (χ0) is 28.5. The van der Waals surface area contributed by atoms with Crippen LogP contribution in [0.5, 0.6) is 5.75 Å². The Morgan fingerprint density at radius 1 is 1.00 bits per heavy atom. The van der Waals surface area contributed by atoms with Crippen molar-refractivity contribution in [2.45, 2.75) is 16.8 Å². The summed E-state index contributed by atoms with van der Waals surface area (Å²) in [4.78, 5) is 59.7. The lowest BCUT2D eigenvalue weighted by molar-refractivity contribution is -0.121. The summed E-state index contributed by atoms with van der Waals surface area (Å²) in [7, 11) is 1.45. The van der Waals surface area contributed by atoms with Gasteiger partial charge in [0.15, 0.2) is 12.3 Å². The highest BCUT2D eigenvalue weighted by Crippen LogP contribution is 2.33. The van der Waals surface area contributed by atoms with Crippen LogP contribution in [0.3, 0.4) is 0 Å². The monoisotopic (exact) mass is 567 g/mol. The van der Waals surface area contributed by atoms with Gasteiger partial charge >= 0.3 is 5.97 Å². The van der Waals surface area contributed by atoms with E-state index in [1.165, 1.54) is 31.4 Å². The van der Waals surface area contributed by atoms with Crippen LogP contribution in [-0.4, -0.2) is 62.7 Å². The first-order chi connectivity index (χ1) is 19.9. The number of rotatable bonds is 8. The standard InChI is InChI=1S/C29H21N5O6S/c1-39-22-9-5-3-7-19(22)21(35)15-40-28(38)16-10-12-17(13-11-16)34-24(36)14-23(27(34)37)41-29-31-26-25(32-33-29)18-6-2-4-8-20(18)30-26/h2-13,23H,14-15H2,1H3,(H,30,31,33). The van der Waals surface area contributed by atoms with E-state index in [-0.39, 0.29) is 23.0 Å². The number of esters is 1. The quantitative estimate of drug-likeness (QED) is 0.166. The molecule has 0 radical (unpaired) electrons. The van der Waals surface area contributed by atoms with Crippen molar-refractivity contribution in [1.29, 1.82) is 0 Å². The first kappa shape index (κ1) is 26.1. The number of hydrogen-bond donors (Lipinski definition) is 1. The molecule has 1 atom stereocenters. The second kappa shape index (κ2) is 10.8. The Bertz CT molecular complexity index is 1840. The molecule has 3 aromatic carbocycles. The minimum atomic E-state index is -0.725. The van der Waals surface area contributed by atoms with Gasteiger partial charge in [-0.1, -0.05) is 42.1 Å². The molecule has 11 nitrogen and oxygen atoms in total. The topological polar surface area (TPSA) is 144 Å². The zero-order valence-corrected chi connectivity index (χ0v) is 22.4. The van der Waals surface area contributed by atoms with E-state index in [0.717, 1.165) is 27.6 Å². The lowest BCUT2D eigenvalue weighted by atomic mass is 10.1. The third-order valence-electron chi connectivity index (χ3n) is 6.56. The number of H-pyrrole nitrogens is 1. The summed E-state index contributed by atoms with van der Waals surface area (Å²) in [5.41, 5.74) is 2.83.